The highest BCUT2D eigenvalue weighted by Crippen LogP contribution is 2.34. The number of aryl methyl sites for hydroxylation is 1. The summed E-state index contributed by atoms with van der Waals surface area (Å²) in [5, 5.41) is 6.26. The van der Waals surface area contributed by atoms with Crippen LogP contribution in [0.4, 0.5) is 0 Å². The summed E-state index contributed by atoms with van der Waals surface area (Å²) in [6.07, 6.45) is 3.00. The molecule has 23 heavy (non-hydrogen) atoms. The maximum absolute atomic E-state index is 13.2. The smallest absolute Gasteiger partial charge is 0.292 e. The molecular weight excluding hydrogens is 316 g/mol. The fourth-order valence-corrected chi connectivity index (χ4v) is 5.04. The van der Waals surface area contributed by atoms with Crippen LogP contribution in [-0.2, 0) is 16.4 Å². The minimum Gasteiger partial charge on any atom is -0.292 e. The molecule has 2 N–H and O–H groups in total. The molecule has 1 unspecified atom stereocenters. The predicted octanol–water partition coefficient (Wildman–Crippen LogP) is 1.58. The molecule has 0 spiro atoms. The van der Waals surface area contributed by atoms with Crippen molar-refractivity contribution in [3.05, 3.63) is 46.1 Å². The van der Waals surface area contributed by atoms with Crippen LogP contribution in [0.25, 0.3) is 0 Å². The first-order valence-electron chi connectivity index (χ1n) is 7.78. The molecule has 1 aromatic carbocycles. The van der Waals surface area contributed by atoms with Gasteiger partial charge in [0.05, 0.1) is 10.9 Å². The van der Waals surface area contributed by atoms with Crippen molar-refractivity contribution in [2.45, 2.75) is 43.5 Å². The molecule has 1 saturated heterocycles. The lowest BCUT2D eigenvalue weighted by Crippen LogP contribution is -2.39. The molecule has 0 amide bonds. The van der Waals surface area contributed by atoms with Crippen LogP contribution in [-0.4, -0.2) is 34.4 Å². The lowest BCUT2D eigenvalue weighted by molar-refractivity contribution is 0.246. The normalized spacial score (nSPS) is 19.8. The molecular formula is C15H20N4O3S. The van der Waals surface area contributed by atoms with Crippen LogP contribution in [0.3, 0.4) is 0 Å². The van der Waals surface area contributed by atoms with Gasteiger partial charge < -0.3 is 0 Å². The number of piperidine rings is 1. The van der Waals surface area contributed by atoms with Gasteiger partial charge in [-0.15, -0.1) is 0 Å². The van der Waals surface area contributed by atoms with Gasteiger partial charge >= 0.3 is 5.69 Å². The summed E-state index contributed by atoms with van der Waals surface area (Å²) in [4.78, 5) is 14.3. The Morgan fingerprint density at radius 2 is 2.09 bits per heavy atom. The summed E-state index contributed by atoms with van der Waals surface area (Å²) in [6, 6.07) is 6.63. The molecule has 1 fully saturated rings. The second-order valence-electron chi connectivity index (χ2n) is 5.65. The summed E-state index contributed by atoms with van der Waals surface area (Å²) in [5.74, 6) is 0.382. The number of H-pyrrole nitrogens is 2. The van der Waals surface area contributed by atoms with Gasteiger partial charge in [0.25, 0.3) is 0 Å². The molecule has 2 aromatic rings. The maximum Gasteiger partial charge on any atom is 0.340 e. The highest BCUT2D eigenvalue weighted by molar-refractivity contribution is 7.89. The van der Waals surface area contributed by atoms with Gasteiger partial charge in [0, 0.05) is 6.54 Å². The van der Waals surface area contributed by atoms with Crippen molar-refractivity contribution in [3.63, 3.8) is 0 Å². The number of nitrogens with zero attached hydrogens (tertiary/aromatic N) is 2. The zero-order valence-electron chi connectivity index (χ0n) is 12.9. The highest BCUT2D eigenvalue weighted by atomic mass is 32.2. The molecule has 7 nitrogen and oxygen atoms in total. The minimum atomic E-state index is -3.64. The molecule has 0 saturated carbocycles. The van der Waals surface area contributed by atoms with Crippen LogP contribution in [0.5, 0.6) is 0 Å². The van der Waals surface area contributed by atoms with E-state index in [1.165, 1.54) is 4.31 Å². The Morgan fingerprint density at radius 3 is 2.78 bits per heavy atom. The Kier molecular flexibility index (Phi) is 4.36. The number of aromatic amines is 2. The van der Waals surface area contributed by atoms with Gasteiger partial charge in [0.2, 0.25) is 10.0 Å². The quantitative estimate of drug-likeness (QED) is 0.885. The molecule has 1 aromatic heterocycles. The average Bonchev–Trinajstić information content (AvgIpc) is 3.01. The molecule has 2 heterocycles. The maximum atomic E-state index is 13.2. The van der Waals surface area contributed by atoms with E-state index in [4.69, 9.17) is 0 Å². The predicted molar refractivity (Wildman–Crippen MR) is 85.5 cm³/mol. The summed E-state index contributed by atoms with van der Waals surface area (Å²) < 4.78 is 27.8. The molecule has 0 radical (unpaired) electrons. The summed E-state index contributed by atoms with van der Waals surface area (Å²) in [7, 11) is -3.64. The summed E-state index contributed by atoms with van der Waals surface area (Å²) in [6.45, 7) is 2.37. The van der Waals surface area contributed by atoms with Gasteiger partial charge in [-0.05, 0) is 30.9 Å². The Labute approximate surface area is 134 Å². The number of hydrogen-bond donors (Lipinski definition) is 2. The molecule has 124 valence electrons. The lowest BCUT2D eigenvalue weighted by Gasteiger charge is -2.33. The van der Waals surface area contributed by atoms with Crippen molar-refractivity contribution in [3.8, 4) is 0 Å². The average molecular weight is 336 g/mol. The molecule has 1 aliphatic rings. The van der Waals surface area contributed by atoms with E-state index in [0.717, 1.165) is 18.4 Å². The lowest BCUT2D eigenvalue weighted by atomic mass is 10.0. The van der Waals surface area contributed by atoms with E-state index in [1.54, 1.807) is 12.1 Å². The van der Waals surface area contributed by atoms with Crippen molar-refractivity contribution < 1.29 is 8.42 Å². The van der Waals surface area contributed by atoms with Crippen molar-refractivity contribution >= 4 is 10.0 Å². The first-order chi connectivity index (χ1) is 11.0. The largest absolute Gasteiger partial charge is 0.340 e. The Morgan fingerprint density at radius 1 is 1.30 bits per heavy atom. The zero-order valence-corrected chi connectivity index (χ0v) is 13.8. The van der Waals surface area contributed by atoms with Crippen LogP contribution in [0.15, 0.2) is 34.0 Å². The van der Waals surface area contributed by atoms with Crippen molar-refractivity contribution in [2.75, 3.05) is 6.54 Å². The van der Waals surface area contributed by atoms with Crippen LogP contribution in [0.2, 0.25) is 0 Å². The van der Waals surface area contributed by atoms with E-state index in [0.29, 0.717) is 30.1 Å². The van der Waals surface area contributed by atoms with Crippen molar-refractivity contribution in [1.82, 2.24) is 19.5 Å². The Hall–Kier alpha value is -1.93. The van der Waals surface area contributed by atoms with Crippen LogP contribution >= 0.6 is 0 Å². The Bertz CT molecular complexity index is 840. The topological polar surface area (TPSA) is 98.9 Å². The van der Waals surface area contributed by atoms with E-state index in [2.05, 4.69) is 15.2 Å². The molecule has 3 rings (SSSR count). The van der Waals surface area contributed by atoms with Crippen molar-refractivity contribution in [1.29, 1.82) is 0 Å². The third-order valence-electron chi connectivity index (χ3n) is 4.23. The van der Waals surface area contributed by atoms with Crippen LogP contribution in [0.1, 0.15) is 43.6 Å². The SMILES string of the molecule is CCc1ccccc1S(=O)(=O)N1CCCCC1c1n[nH]c(=O)[nH]1. The fraction of sp³-hybridized carbons (Fsp3) is 0.467. The molecule has 1 aliphatic heterocycles. The molecule has 8 heteroatoms. The third kappa shape index (κ3) is 2.96. The Balaban J connectivity index is 2.04. The second kappa shape index (κ2) is 6.29. The van der Waals surface area contributed by atoms with Crippen LogP contribution in [0, 0.1) is 0 Å². The summed E-state index contributed by atoms with van der Waals surface area (Å²) in [5.41, 5.74) is 0.379. The molecule has 1 atom stereocenters. The van der Waals surface area contributed by atoms with Crippen LogP contribution < -0.4 is 5.69 Å². The van der Waals surface area contributed by atoms with Gasteiger partial charge in [-0.2, -0.15) is 9.40 Å². The van der Waals surface area contributed by atoms with E-state index >= 15 is 0 Å². The van der Waals surface area contributed by atoms with E-state index in [-0.39, 0.29) is 0 Å². The standard InChI is InChI=1S/C15H20N4O3S/c1-2-11-7-3-4-9-13(11)23(21,22)19-10-6-5-8-12(19)14-16-15(20)18-17-14/h3-4,7,9,12H,2,5-6,8,10H2,1H3,(H2,16,17,18,20). The first kappa shape index (κ1) is 15.9. The first-order valence-corrected chi connectivity index (χ1v) is 9.22. The van der Waals surface area contributed by atoms with Gasteiger partial charge in [0.1, 0.15) is 5.82 Å². The van der Waals surface area contributed by atoms with Gasteiger partial charge in [0.15, 0.2) is 0 Å². The third-order valence-corrected chi connectivity index (χ3v) is 6.24. The number of benzene rings is 1. The number of nitrogens with one attached hydrogen (secondary N) is 2. The highest BCUT2D eigenvalue weighted by Gasteiger charge is 2.36. The van der Waals surface area contributed by atoms with Gasteiger partial charge in [-0.3, -0.25) is 4.98 Å². The molecule has 0 bridgehead atoms. The second-order valence-corrected chi connectivity index (χ2v) is 7.51. The number of rotatable bonds is 4. The van der Waals surface area contributed by atoms with E-state index in [9.17, 15) is 13.2 Å². The van der Waals surface area contributed by atoms with Gasteiger partial charge in [-0.25, -0.2) is 18.3 Å². The van der Waals surface area contributed by atoms with Gasteiger partial charge in [-0.1, -0.05) is 31.5 Å². The minimum absolute atomic E-state index is 0.340. The van der Waals surface area contributed by atoms with Crippen molar-refractivity contribution in [2.24, 2.45) is 0 Å². The van der Waals surface area contributed by atoms with E-state index < -0.39 is 21.8 Å². The molecule has 0 aliphatic carbocycles. The van der Waals surface area contributed by atoms with E-state index in [1.807, 2.05) is 19.1 Å². The zero-order chi connectivity index (χ0) is 16.4. The number of sulfonamides is 1. The summed E-state index contributed by atoms with van der Waals surface area (Å²) >= 11 is 0. The number of hydrogen-bond acceptors (Lipinski definition) is 4. The fourth-order valence-electron chi connectivity index (χ4n) is 3.08. The number of aromatic nitrogens is 3. The monoisotopic (exact) mass is 336 g/mol.